The summed E-state index contributed by atoms with van der Waals surface area (Å²) in [6, 6.07) is 4.09. The summed E-state index contributed by atoms with van der Waals surface area (Å²) < 4.78 is 0. The second-order valence-corrected chi connectivity index (χ2v) is 4.36. The molecule has 4 heteroatoms. The van der Waals surface area contributed by atoms with E-state index in [0.717, 1.165) is 0 Å². The van der Waals surface area contributed by atoms with Crippen LogP contribution in [-0.4, -0.2) is 11.2 Å². The number of nitrogens with one attached hydrogen (secondary N) is 1. The number of amides is 1. The van der Waals surface area contributed by atoms with Crippen molar-refractivity contribution in [2.45, 2.75) is 13.5 Å². The molecule has 1 rings (SSSR count). The molecule has 1 aromatic rings. The Morgan fingerprint density at radius 1 is 1.67 bits per heavy atom. The highest BCUT2D eigenvalue weighted by Crippen LogP contribution is 2.14. The largest absolute Gasteiger partial charge is 0.350 e. The quantitative estimate of drug-likeness (QED) is 0.815. The molecule has 1 amide bonds. The van der Waals surface area contributed by atoms with E-state index in [-0.39, 0.29) is 5.91 Å². The van der Waals surface area contributed by atoms with Crippen LogP contribution in [0.4, 0.5) is 0 Å². The zero-order valence-corrected chi connectivity index (χ0v) is 9.17. The Hall–Kier alpha value is -0.350. The second-order valence-electron chi connectivity index (χ2n) is 2.42. The van der Waals surface area contributed by atoms with Crippen LogP contribution in [0, 0.1) is 6.92 Å². The molecule has 0 aliphatic carbocycles. The standard InChI is InChI=1S/C8H10BrNOS/c1-6-2-3-7(12-6)5-10-8(11)4-9/h2-3H,4-5H2,1H3,(H,10,11). The predicted octanol–water partition coefficient (Wildman–Crippen LogP) is 2.07. The van der Waals surface area contributed by atoms with E-state index in [4.69, 9.17) is 0 Å². The van der Waals surface area contributed by atoms with E-state index in [2.05, 4.69) is 34.2 Å². The molecule has 1 heterocycles. The Bertz CT molecular complexity index is 272. The van der Waals surface area contributed by atoms with Crippen molar-refractivity contribution in [1.29, 1.82) is 0 Å². The van der Waals surface area contributed by atoms with Gasteiger partial charge in [-0.1, -0.05) is 15.9 Å². The fraction of sp³-hybridized carbons (Fsp3) is 0.375. The van der Waals surface area contributed by atoms with Crippen molar-refractivity contribution in [3.8, 4) is 0 Å². The highest BCUT2D eigenvalue weighted by atomic mass is 79.9. The molecule has 0 unspecified atom stereocenters. The number of carbonyl (C=O) groups is 1. The minimum Gasteiger partial charge on any atom is -0.350 e. The Labute approximate surface area is 84.1 Å². The first kappa shape index (κ1) is 9.74. The van der Waals surface area contributed by atoms with Gasteiger partial charge in [-0.2, -0.15) is 0 Å². The third-order valence-electron chi connectivity index (χ3n) is 1.38. The molecule has 66 valence electrons. The average Bonchev–Trinajstić information content (AvgIpc) is 2.47. The van der Waals surface area contributed by atoms with Crippen LogP contribution >= 0.6 is 27.3 Å². The number of aryl methyl sites for hydroxylation is 1. The Morgan fingerprint density at radius 3 is 2.92 bits per heavy atom. The minimum atomic E-state index is 0.0288. The molecule has 0 saturated carbocycles. The van der Waals surface area contributed by atoms with E-state index < -0.39 is 0 Å². The van der Waals surface area contributed by atoms with Gasteiger partial charge in [0.25, 0.3) is 0 Å². The lowest BCUT2D eigenvalue weighted by molar-refractivity contribution is -0.118. The Kier molecular flexibility index (Phi) is 3.75. The lowest BCUT2D eigenvalue weighted by Crippen LogP contribution is -2.22. The van der Waals surface area contributed by atoms with Crippen LogP contribution in [0.1, 0.15) is 9.75 Å². The average molecular weight is 248 g/mol. The van der Waals surface area contributed by atoms with E-state index >= 15 is 0 Å². The molecular weight excluding hydrogens is 238 g/mol. The van der Waals surface area contributed by atoms with Gasteiger partial charge >= 0.3 is 0 Å². The van der Waals surface area contributed by atoms with Gasteiger partial charge < -0.3 is 5.32 Å². The molecule has 1 aromatic heterocycles. The van der Waals surface area contributed by atoms with Gasteiger partial charge in [-0.15, -0.1) is 11.3 Å². The molecule has 0 aliphatic heterocycles. The van der Waals surface area contributed by atoms with Crippen molar-refractivity contribution in [3.05, 3.63) is 21.9 Å². The van der Waals surface area contributed by atoms with Crippen LogP contribution < -0.4 is 5.32 Å². The highest BCUT2D eigenvalue weighted by molar-refractivity contribution is 9.09. The van der Waals surface area contributed by atoms with Crippen molar-refractivity contribution in [2.75, 3.05) is 5.33 Å². The zero-order valence-electron chi connectivity index (χ0n) is 6.76. The van der Waals surface area contributed by atoms with Gasteiger partial charge in [-0.05, 0) is 19.1 Å². The van der Waals surface area contributed by atoms with E-state index in [1.807, 2.05) is 6.07 Å². The minimum absolute atomic E-state index is 0.0288. The summed E-state index contributed by atoms with van der Waals surface area (Å²) in [5.41, 5.74) is 0. The van der Waals surface area contributed by atoms with Crippen LogP contribution in [0.25, 0.3) is 0 Å². The van der Waals surface area contributed by atoms with E-state index in [0.29, 0.717) is 11.9 Å². The molecular formula is C8H10BrNOS. The van der Waals surface area contributed by atoms with Crippen molar-refractivity contribution < 1.29 is 4.79 Å². The first-order valence-corrected chi connectivity index (χ1v) is 5.54. The molecule has 0 radical (unpaired) electrons. The number of hydrogen-bond acceptors (Lipinski definition) is 2. The number of halogens is 1. The van der Waals surface area contributed by atoms with Gasteiger partial charge in [0.1, 0.15) is 0 Å². The topological polar surface area (TPSA) is 29.1 Å². The maximum atomic E-state index is 10.8. The number of hydrogen-bond donors (Lipinski definition) is 1. The first-order valence-electron chi connectivity index (χ1n) is 3.60. The van der Waals surface area contributed by atoms with Gasteiger partial charge in [0, 0.05) is 9.75 Å². The van der Waals surface area contributed by atoms with Crippen molar-refractivity contribution in [2.24, 2.45) is 0 Å². The number of thiophene rings is 1. The number of carbonyl (C=O) groups excluding carboxylic acids is 1. The molecule has 0 spiro atoms. The van der Waals surface area contributed by atoms with Crippen molar-refractivity contribution >= 4 is 33.2 Å². The Morgan fingerprint density at radius 2 is 2.42 bits per heavy atom. The third-order valence-corrected chi connectivity index (χ3v) is 2.89. The molecule has 2 nitrogen and oxygen atoms in total. The molecule has 12 heavy (non-hydrogen) atoms. The van der Waals surface area contributed by atoms with Gasteiger partial charge in [0.05, 0.1) is 11.9 Å². The normalized spacial score (nSPS) is 9.83. The summed E-state index contributed by atoms with van der Waals surface area (Å²) in [5, 5.41) is 3.16. The summed E-state index contributed by atoms with van der Waals surface area (Å²) >= 11 is 4.80. The maximum Gasteiger partial charge on any atom is 0.230 e. The zero-order chi connectivity index (χ0) is 8.97. The van der Waals surface area contributed by atoms with E-state index in [1.54, 1.807) is 11.3 Å². The molecule has 0 bridgehead atoms. The molecule has 0 aliphatic rings. The summed E-state index contributed by atoms with van der Waals surface area (Å²) in [6.07, 6.45) is 0. The summed E-state index contributed by atoms with van der Waals surface area (Å²) in [6.45, 7) is 2.70. The fourth-order valence-electron chi connectivity index (χ4n) is 0.813. The van der Waals surface area contributed by atoms with Gasteiger partial charge in [0.2, 0.25) is 5.91 Å². The van der Waals surface area contributed by atoms with Crippen LogP contribution in [0.5, 0.6) is 0 Å². The van der Waals surface area contributed by atoms with Crippen molar-refractivity contribution in [1.82, 2.24) is 5.32 Å². The van der Waals surface area contributed by atoms with Gasteiger partial charge in [-0.25, -0.2) is 0 Å². The molecule has 0 fully saturated rings. The lowest BCUT2D eigenvalue weighted by atomic mass is 10.4. The maximum absolute atomic E-state index is 10.8. The summed E-state index contributed by atoms with van der Waals surface area (Å²) in [5.74, 6) is 0.0288. The SMILES string of the molecule is Cc1ccc(CNC(=O)CBr)s1. The van der Waals surface area contributed by atoms with E-state index in [9.17, 15) is 4.79 Å². The lowest BCUT2D eigenvalue weighted by Gasteiger charge is -1.98. The van der Waals surface area contributed by atoms with Crippen LogP contribution in [0.2, 0.25) is 0 Å². The molecule has 0 atom stereocenters. The van der Waals surface area contributed by atoms with Crippen LogP contribution in [-0.2, 0) is 11.3 Å². The van der Waals surface area contributed by atoms with Crippen molar-refractivity contribution in [3.63, 3.8) is 0 Å². The number of rotatable bonds is 3. The molecule has 0 aromatic carbocycles. The fourth-order valence-corrected chi connectivity index (χ4v) is 1.84. The molecule has 1 N–H and O–H groups in total. The van der Waals surface area contributed by atoms with Crippen LogP contribution in [0.3, 0.4) is 0 Å². The van der Waals surface area contributed by atoms with Gasteiger partial charge in [-0.3, -0.25) is 4.79 Å². The third kappa shape index (κ3) is 2.95. The molecule has 0 saturated heterocycles. The van der Waals surface area contributed by atoms with Gasteiger partial charge in [0.15, 0.2) is 0 Å². The highest BCUT2D eigenvalue weighted by Gasteiger charge is 1.99. The predicted molar refractivity (Wildman–Crippen MR) is 54.7 cm³/mol. The summed E-state index contributed by atoms with van der Waals surface area (Å²) in [4.78, 5) is 13.3. The summed E-state index contributed by atoms with van der Waals surface area (Å²) in [7, 11) is 0. The van der Waals surface area contributed by atoms with Crippen LogP contribution in [0.15, 0.2) is 12.1 Å². The second kappa shape index (κ2) is 4.62. The Balaban J connectivity index is 2.38. The van der Waals surface area contributed by atoms with E-state index in [1.165, 1.54) is 9.75 Å². The number of alkyl halides is 1. The first-order chi connectivity index (χ1) is 5.72. The smallest absolute Gasteiger partial charge is 0.230 e. The monoisotopic (exact) mass is 247 g/mol.